The van der Waals surface area contributed by atoms with Crippen LogP contribution in [0.15, 0.2) is 59.8 Å². The number of primary amides is 1. The van der Waals surface area contributed by atoms with Crippen molar-refractivity contribution >= 4 is 17.7 Å². The third kappa shape index (κ3) is 3.07. The summed E-state index contributed by atoms with van der Waals surface area (Å²) in [5, 5.41) is 0.395. The maximum Gasteiger partial charge on any atom is 0.235 e. The van der Waals surface area contributed by atoms with Gasteiger partial charge in [0, 0.05) is 6.20 Å². The first-order valence-corrected chi connectivity index (χ1v) is 6.07. The number of hydrogen-bond acceptors (Lipinski definition) is 3. The van der Waals surface area contributed by atoms with Crippen LogP contribution in [0.3, 0.4) is 0 Å². The number of nitrogens with zero attached hydrogens (tertiary/aromatic N) is 1. The summed E-state index contributed by atoms with van der Waals surface area (Å²) in [6, 6.07) is 15.1. The van der Waals surface area contributed by atoms with E-state index in [1.54, 1.807) is 6.20 Å². The van der Waals surface area contributed by atoms with Crippen LogP contribution in [-0.4, -0.2) is 10.9 Å². The minimum atomic E-state index is -0.397. The van der Waals surface area contributed by atoms with Gasteiger partial charge < -0.3 is 5.73 Å². The average molecular weight is 244 g/mol. The van der Waals surface area contributed by atoms with Crippen molar-refractivity contribution in [1.82, 2.24) is 4.98 Å². The number of aromatic nitrogens is 1. The van der Waals surface area contributed by atoms with E-state index in [0.717, 1.165) is 10.6 Å². The third-order valence-electron chi connectivity index (χ3n) is 2.24. The molecule has 0 saturated heterocycles. The number of hydrogen-bond donors (Lipinski definition) is 1. The molecule has 0 aliphatic heterocycles. The highest BCUT2D eigenvalue weighted by Crippen LogP contribution is 2.33. The summed E-state index contributed by atoms with van der Waals surface area (Å²) in [5.74, 6) is -0.355. The van der Waals surface area contributed by atoms with Crippen LogP contribution in [0.5, 0.6) is 0 Å². The van der Waals surface area contributed by atoms with Crippen LogP contribution >= 0.6 is 11.8 Å². The summed E-state index contributed by atoms with van der Waals surface area (Å²) in [6.45, 7) is 0. The zero-order chi connectivity index (χ0) is 12.1. The second-order valence-corrected chi connectivity index (χ2v) is 4.60. The molecule has 0 aliphatic rings. The molecule has 1 unspecified atom stereocenters. The second-order valence-electron chi connectivity index (χ2n) is 3.48. The second kappa shape index (κ2) is 5.50. The highest BCUT2D eigenvalue weighted by Gasteiger charge is 2.19. The number of nitrogens with two attached hydrogens (primary N) is 1. The molecule has 1 heterocycles. The van der Waals surface area contributed by atoms with E-state index in [2.05, 4.69) is 4.98 Å². The Bertz CT molecular complexity index is 487. The fraction of sp³-hybridized carbons (Fsp3) is 0.0769. The van der Waals surface area contributed by atoms with Crippen molar-refractivity contribution in [1.29, 1.82) is 0 Å². The van der Waals surface area contributed by atoms with Gasteiger partial charge in [0.2, 0.25) is 5.91 Å². The van der Waals surface area contributed by atoms with Gasteiger partial charge in [0.1, 0.15) is 5.25 Å². The highest BCUT2D eigenvalue weighted by molar-refractivity contribution is 8.00. The SMILES string of the molecule is NC(=O)C(Sc1ccccn1)c1ccccc1. The molecule has 1 atom stereocenters. The summed E-state index contributed by atoms with van der Waals surface area (Å²) in [5.41, 5.74) is 6.33. The van der Waals surface area contributed by atoms with Crippen LogP contribution in [0.4, 0.5) is 0 Å². The minimum Gasteiger partial charge on any atom is -0.368 e. The molecule has 2 rings (SSSR count). The molecule has 0 aliphatic carbocycles. The standard InChI is InChI=1S/C13H12N2OS/c14-13(16)12(10-6-2-1-3-7-10)17-11-8-4-5-9-15-11/h1-9,12H,(H2,14,16). The molecule has 1 amide bonds. The Morgan fingerprint density at radius 2 is 1.82 bits per heavy atom. The number of carbonyl (C=O) groups is 1. The van der Waals surface area contributed by atoms with Crippen molar-refractivity contribution in [2.24, 2.45) is 5.73 Å². The normalized spacial score (nSPS) is 12.0. The molecular formula is C13H12N2OS. The molecule has 2 aromatic rings. The van der Waals surface area contributed by atoms with Gasteiger partial charge in [-0.15, -0.1) is 0 Å². The maximum absolute atomic E-state index is 11.5. The van der Waals surface area contributed by atoms with Crippen molar-refractivity contribution in [2.45, 2.75) is 10.3 Å². The topological polar surface area (TPSA) is 56.0 Å². The van der Waals surface area contributed by atoms with Crippen LogP contribution in [0.2, 0.25) is 0 Å². The van der Waals surface area contributed by atoms with E-state index >= 15 is 0 Å². The molecule has 3 nitrogen and oxygen atoms in total. The minimum absolute atomic E-state index is 0.355. The van der Waals surface area contributed by atoms with Crippen LogP contribution < -0.4 is 5.73 Å². The van der Waals surface area contributed by atoms with Crippen LogP contribution in [-0.2, 0) is 4.79 Å². The summed E-state index contributed by atoms with van der Waals surface area (Å²) >= 11 is 1.36. The number of thioether (sulfide) groups is 1. The van der Waals surface area contributed by atoms with E-state index < -0.39 is 5.25 Å². The number of carbonyl (C=O) groups excluding carboxylic acids is 1. The largest absolute Gasteiger partial charge is 0.368 e. The Morgan fingerprint density at radius 3 is 2.41 bits per heavy atom. The Morgan fingerprint density at radius 1 is 1.12 bits per heavy atom. The van der Waals surface area contributed by atoms with E-state index in [0.29, 0.717) is 0 Å². The van der Waals surface area contributed by atoms with Crippen LogP contribution in [0, 0.1) is 0 Å². The lowest BCUT2D eigenvalue weighted by atomic mass is 10.1. The van der Waals surface area contributed by atoms with Gasteiger partial charge >= 0.3 is 0 Å². The Labute approximate surface area is 104 Å². The number of benzene rings is 1. The zero-order valence-electron chi connectivity index (χ0n) is 9.11. The van der Waals surface area contributed by atoms with Gasteiger partial charge in [0.25, 0.3) is 0 Å². The number of pyridine rings is 1. The fourth-order valence-corrected chi connectivity index (χ4v) is 2.39. The fourth-order valence-electron chi connectivity index (χ4n) is 1.46. The van der Waals surface area contributed by atoms with Crippen LogP contribution in [0.1, 0.15) is 10.8 Å². The quantitative estimate of drug-likeness (QED) is 0.840. The van der Waals surface area contributed by atoms with E-state index in [1.165, 1.54) is 11.8 Å². The maximum atomic E-state index is 11.5. The molecule has 0 spiro atoms. The van der Waals surface area contributed by atoms with E-state index in [-0.39, 0.29) is 5.91 Å². The molecule has 86 valence electrons. The average Bonchev–Trinajstić information content (AvgIpc) is 2.38. The molecular weight excluding hydrogens is 232 g/mol. The van der Waals surface area contributed by atoms with Gasteiger partial charge in [-0.05, 0) is 17.7 Å². The molecule has 0 fully saturated rings. The van der Waals surface area contributed by atoms with Crippen molar-refractivity contribution in [3.63, 3.8) is 0 Å². The molecule has 17 heavy (non-hydrogen) atoms. The van der Waals surface area contributed by atoms with Gasteiger partial charge in [0.05, 0.1) is 5.03 Å². The van der Waals surface area contributed by atoms with Crippen molar-refractivity contribution in [3.05, 3.63) is 60.3 Å². The van der Waals surface area contributed by atoms with Gasteiger partial charge in [-0.3, -0.25) is 4.79 Å². The van der Waals surface area contributed by atoms with E-state index in [1.807, 2.05) is 48.5 Å². The predicted molar refractivity (Wildman–Crippen MR) is 68.5 cm³/mol. The number of rotatable bonds is 4. The van der Waals surface area contributed by atoms with E-state index in [4.69, 9.17) is 5.73 Å². The lowest BCUT2D eigenvalue weighted by Gasteiger charge is -2.12. The van der Waals surface area contributed by atoms with E-state index in [9.17, 15) is 4.79 Å². The van der Waals surface area contributed by atoms with Crippen molar-refractivity contribution < 1.29 is 4.79 Å². The summed E-state index contributed by atoms with van der Waals surface area (Å²) < 4.78 is 0. The van der Waals surface area contributed by atoms with Gasteiger partial charge in [0.15, 0.2) is 0 Å². The first-order valence-electron chi connectivity index (χ1n) is 5.19. The first kappa shape index (κ1) is 11.7. The highest BCUT2D eigenvalue weighted by atomic mass is 32.2. The van der Waals surface area contributed by atoms with Gasteiger partial charge in [-0.25, -0.2) is 4.98 Å². The Balaban J connectivity index is 2.23. The molecule has 1 aromatic carbocycles. The lowest BCUT2D eigenvalue weighted by Crippen LogP contribution is -2.18. The Hall–Kier alpha value is -1.81. The van der Waals surface area contributed by atoms with Crippen molar-refractivity contribution in [3.8, 4) is 0 Å². The molecule has 1 aromatic heterocycles. The predicted octanol–water partition coefficient (Wildman–Crippen LogP) is 2.40. The van der Waals surface area contributed by atoms with Gasteiger partial charge in [-0.1, -0.05) is 48.2 Å². The van der Waals surface area contributed by atoms with Crippen molar-refractivity contribution in [2.75, 3.05) is 0 Å². The number of amides is 1. The van der Waals surface area contributed by atoms with Gasteiger partial charge in [-0.2, -0.15) is 0 Å². The smallest absolute Gasteiger partial charge is 0.235 e. The molecule has 0 radical (unpaired) electrons. The Kier molecular flexibility index (Phi) is 3.77. The third-order valence-corrected chi connectivity index (χ3v) is 3.46. The lowest BCUT2D eigenvalue weighted by molar-refractivity contribution is -0.117. The zero-order valence-corrected chi connectivity index (χ0v) is 9.93. The molecule has 0 saturated carbocycles. The van der Waals surface area contributed by atoms with Crippen LogP contribution in [0.25, 0.3) is 0 Å². The molecule has 2 N–H and O–H groups in total. The first-order chi connectivity index (χ1) is 8.27. The molecule has 0 bridgehead atoms. The summed E-state index contributed by atoms with van der Waals surface area (Å²) in [4.78, 5) is 15.7. The summed E-state index contributed by atoms with van der Waals surface area (Å²) in [6.07, 6.45) is 1.70. The monoisotopic (exact) mass is 244 g/mol. The molecule has 4 heteroatoms. The summed E-state index contributed by atoms with van der Waals surface area (Å²) in [7, 11) is 0.